The summed E-state index contributed by atoms with van der Waals surface area (Å²) in [5.74, 6) is -7.40. The number of hydrogen-bond acceptors (Lipinski definition) is 8. The summed E-state index contributed by atoms with van der Waals surface area (Å²) in [6.07, 6.45) is 2.05. The highest BCUT2D eigenvalue weighted by molar-refractivity contribution is 9.10. The second-order valence-corrected chi connectivity index (χ2v) is 15.4. The highest BCUT2D eigenvalue weighted by atomic mass is 79.9. The van der Waals surface area contributed by atoms with Gasteiger partial charge in [0.25, 0.3) is 11.8 Å². The van der Waals surface area contributed by atoms with Crippen LogP contribution in [0.5, 0.6) is 11.5 Å². The monoisotopic (exact) mass is 811 g/mol. The van der Waals surface area contributed by atoms with Crippen molar-refractivity contribution in [3.8, 4) is 11.5 Å². The predicted octanol–water partition coefficient (Wildman–Crippen LogP) is 7.35. The summed E-state index contributed by atoms with van der Waals surface area (Å²) in [6, 6.07) is 21.3. The standard InChI is InChI=1S/C41H32BrClFN3O7/c1-20(48)21-3-13-27(14-4-21)46-37(50)29-16-15-28-30(34(29)39(46)52)19-32-38(51)47(45-26-11-9-25(44)10-12-26)40(53)41(32,22-5-7-24(43)8-6-22)35(28)31-17-23(42)18-33(54-2)36(31)49/h3-15,17-18,29-30,32,34-35,45,49H,16,19H2,1-2H3. The third-order valence-corrected chi connectivity index (χ3v) is 12.1. The molecule has 0 bridgehead atoms. The maximum atomic E-state index is 15.3. The molecule has 8 rings (SSSR count). The van der Waals surface area contributed by atoms with Gasteiger partial charge in [-0.25, -0.2) is 4.39 Å². The van der Waals surface area contributed by atoms with E-state index in [1.807, 2.05) is 6.08 Å². The number of imide groups is 2. The molecule has 6 atom stereocenters. The van der Waals surface area contributed by atoms with Gasteiger partial charge in [-0.05, 0) is 104 Å². The first-order chi connectivity index (χ1) is 25.9. The van der Waals surface area contributed by atoms with Crippen molar-refractivity contribution in [2.75, 3.05) is 17.4 Å². The second kappa shape index (κ2) is 13.2. The summed E-state index contributed by atoms with van der Waals surface area (Å²) in [7, 11) is 1.40. The third kappa shape index (κ3) is 5.29. The minimum Gasteiger partial charge on any atom is -0.504 e. The largest absolute Gasteiger partial charge is 0.504 e. The van der Waals surface area contributed by atoms with Gasteiger partial charge in [0.15, 0.2) is 17.3 Å². The Hall–Kier alpha value is -5.33. The fourth-order valence-corrected chi connectivity index (χ4v) is 9.65. The summed E-state index contributed by atoms with van der Waals surface area (Å²) in [4.78, 5) is 71.9. The molecular formula is C41H32BrClFN3O7. The van der Waals surface area contributed by atoms with E-state index in [9.17, 15) is 28.7 Å². The molecular weight excluding hydrogens is 781 g/mol. The van der Waals surface area contributed by atoms with E-state index in [1.54, 1.807) is 60.7 Å². The molecule has 2 saturated heterocycles. The highest BCUT2D eigenvalue weighted by Crippen LogP contribution is 2.65. The number of Topliss-reactive ketones (excluding diaryl/α,β-unsaturated/α-hetero) is 1. The van der Waals surface area contributed by atoms with Crippen molar-refractivity contribution in [3.05, 3.63) is 129 Å². The SMILES string of the molecule is COc1cc(Br)cc(C2C3=CCC4C(=O)N(c5ccc(C(C)=O)cc5)C(=O)C4C3CC3C(=O)N(Nc4ccc(F)cc4)C(=O)C32c2ccc(Cl)cc2)c1O. The van der Waals surface area contributed by atoms with Crippen molar-refractivity contribution in [2.45, 2.75) is 31.1 Å². The molecule has 13 heteroatoms. The van der Waals surface area contributed by atoms with Crippen LogP contribution in [0, 0.1) is 29.5 Å². The number of amides is 4. The van der Waals surface area contributed by atoms with Gasteiger partial charge < -0.3 is 9.84 Å². The van der Waals surface area contributed by atoms with Gasteiger partial charge in [-0.3, -0.25) is 34.3 Å². The molecule has 4 aromatic carbocycles. The van der Waals surface area contributed by atoms with Gasteiger partial charge in [-0.15, -0.1) is 0 Å². The summed E-state index contributed by atoms with van der Waals surface area (Å²) >= 11 is 9.90. The molecule has 3 fully saturated rings. The average Bonchev–Trinajstić information content (AvgIpc) is 3.54. The number of carbonyl (C=O) groups is 5. The maximum Gasteiger partial charge on any atom is 0.260 e. The number of nitrogens with one attached hydrogen (secondary N) is 1. The number of hydrazine groups is 1. The van der Waals surface area contributed by atoms with Crippen LogP contribution < -0.4 is 15.1 Å². The third-order valence-electron chi connectivity index (χ3n) is 11.4. The van der Waals surface area contributed by atoms with Crippen LogP contribution in [0.3, 0.4) is 0 Å². The van der Waals surface area contributed by atoms with Crippen LogP contribution >= 0.6 is 27.5 Å². The van der Waals surface area contributed by atoms with Crippen LogP contribution in [0.25, 0.3) is 0 Å². The van der Waals surface area contributed by atoms with Crippen molar-refractivity contribution in [2.24, 2.45) is 23.7 Å². The molecule has 10 nitrogen and oxygen atoms in total. The fraction of sp³-hybridized carbons (Fsp3) is 0.244. The molecule has 2 aliphatic heterocycles. The summed E-state index contributed by atoms with van der Waals surface area (Å²) in [5, 5.41) is 13.2. The van der Waals surface area contributed by atoms with Gasteiger partial charge in [0.2, 0.25) is 11.8 Å². The number of methoxy groups -OCH3 is 1. The van der Waals surface area contributed by atoms with Gasteiger partial charge in [-0.2, -0.15) is 5.01 Å². The zero-order valence-electron chi connectivity index (χ0n) is 28.9. The molecule has 0 spiro atoms. The van der Waals surface area contributed by atoms with Gasteiger partial charge >= 0.3 is 0 Å². The van der Waals surface area contributed by atoms with E-state index in [0.717, 1.165) is 9.91 Å². The smallest absolute Gasteiger partial charge is 0.260 e. The van der Waals surface area contributed by atoms with Gasteiger partial charge in [0.1, 0.15) is 5.82 Å². The highest BCUT2D eigenvalue weighted by Gasteiger charge is 2.70. The number of anilines is 2. The first kappa shape index (κ1) is 35.7. The van der Waals surface area contributed by atoms with E-state index in [1.165, 1.54) is 38.3 Å². The van der Waals surface area contributed by atoms with Crippen LogP contribution in [0.4, 0.5) is 15.8 Å². The molecule has 274 valence electrons. The van der Waals surface area contributed by atoms with Gasteiger partial charge in [0.05, 0.1) is 41.7 Å². The number of halogens is 3. The summed E-state index contributed by atoms with van der Waals surface area (Å²) in [6.45, 7) is 1.43. The van der Waals surface area contributed by atoms with Crippen molar-refractivity contribution in [1.29, 1.82) is 0 Å². The predicted molar refractivity (Wildman–Crippen MR) is 200 cm³/mol. The first-order valence-electron chi connectivity index (χ1n) is 17.3. The Balaban J connectivity index is 1.33. The lowest BCUT2D eigenvalue weighted by Crippen LogP contribution is -2.53. The van der Waals surface area contributed by atoms with E-state index in [0.29, 0.717) is 31.9 Å². The van der Waals surface area contributed by atoms with Crippen molar-refractivity contribution >= 4 is 68.3 Å². The normalized spacial score (nSPS) is 25.9. The van der Waals surface area contributed by atoms with E-state index >= 15 is 4.79 Å². The summed E-state index contributed by atoms with van der Waals surface area (Å²) < 4.78 is 20.0. The van der Waals surface area contributed by atoms with Crippen molar-refractivity contribution in [1.82, 2.24) is 5.01 Å². The number of fused-ring (bicyclic) bond motifs is 4. The number of phenolic OH excluding ortho intramolecular Hbond substituents is 1. The molecule has 2 N–H and O–H groups in total. The van der Waals surface area contributed by atoms with Crippen molar-refractivity contribution in [3.63, 3.8) is 0 Å². The van der Waals surface area contributed by atoms with Crippen LogP contribution in [0.15, 0.2) is 101 Å². The van der Waals surface area contributed by atoms with Crippen LogP contribution in [0.1, 0.15) is 47.2 Å². The number of hydrogen-bond donors (Lipinski definition) is 2. The van der Waals surface area contributed by atoms with E-state index < -0.39 is 64.5 Å². The van der Waals surface area contributed by atoms with E-state index in [2.05, 4.69) is 21.4 Å². The van der Waals surface area contributed by atoms with Crippen LogP contribution in [-0.4, -0.2) is 46.6 Å². The number of aromatic hydroxyl groups is 1. The van der Waals surface area contributed by atoms with Gasteiger partial charge in [0, 0.05) is 26.5 Å². The Kier molecular flexibility index (Phi) is 8.73. The topological polar surface area (TPSA) is 133 Å². The zero-order valence-corrected chi connectivity index (χ0v) is 31.2. The van der Waals surface area contributed by atoms with E-state index in [4.69, 9.17) is 16.3 Å². The average molecular weight is 813 g/mol. The number of ketones is 1. The molecule has 1 saturated carbocycles. The van der Waals surface area contributed by atoms with Crippen LogP contribution in [-0.2, 0) is 24.6 Å². The molecule has 6 unspecified atom stereocenters. The number of carbonyl (C=O) groups excluding carboxylic acids is 5. The number of allylic oxidation sites excluding steroid dienone is 2. The minimum atomic E-state index is -1.69. The lowest BCUT2D eigenvalue weighted by atomic mass is 9.49. The van der Waals surface area contributed by atoms with Crippen LogP contribution in [0.2, 0.25) is 5.02 Å². The van der Waals surface area contributed by atoms with Gasteiger partial charge in [-0.1, -0.05) is 51.3 Å². The Morgan fingerprint density at radius 3 is 2.28 bits per heavy atom. The maximum absolute atomic E-state index is 15.3. The van der Waals surface area contributed by atoms with E-state index in [-0.39, 0.29) is 41.4 Å². The first-order valence-corrected chi connectivity index (χ1v) is 18.5. The molecule has 4 amide bonds. The molecule has 2 heterocycles. The number of nitrogens with zero attached hydrogens (tertiary/aromatic N) is 2. The Labute approximate surface area is 322 Å². The quantitative estimate of drug-likeness (QED) is 0.113. The molecule has 54 heavy (non-hydrogen) atoms. The number of benzene rings is 4. The molecule has 2 aliphatic carbocycles. The molecule has 0 radical (unpaired) electrons. The number of ether oxygens (including phenoxy) is 1. The Bertz CT molecular complexity index is 2300. The zero-order chi connectivity index (χ0) is 38.2. The lowest BCUT2D eigenvalue weighted by Gasteiger charge is -2.50. The molecule has 4 aromatic rings. The minimum absolute atomic E-state index is 0.0142. The lowest BCUT2D eigenvalue weighted by molar-refractivity contribution is -0.138. The Morgan fingerprint density at radius 2 is 1.63 bits per heavy atom. The molecule has 0 aromatic heterocycles. The number of rotatable bonds is 7. The van der Waals surface area contributed by atoms with Crippen molar-refractivity contribution < 1.29 is 38.2 Å². The molecule has 4 aliphatic rings. The summed E-state index contributed by atoms with van der Waals surface area (Å²) in [5.41, 5.74) is 3.60. The fourth-order valence-electron chi connectivity index (χ4n) is 9.07. The Morgan fingerprint density at radius 1 is 0.944 bits per heavy atom. The second-order valence-electron chi connectivity index (χ2n) is 14.0. The number of phenols is 1.